The van der Waals surface area contributed by atoms with Crippen LogP contribution in [0.1, 0.15) is 18.4 Å². The smallest absolute Gasteiger partial charge is 0.258 e. The van der Waals surface area contributed by atoms with E-state index in [2.05, 4.69) is 10.2 Å². The second-order valence-corrected chi connectivity index (χ2v) is 10.7. The number of amides is 1. The molecule has 184 valence electrons. The third kappa shape index (κ3) is 6.80. The maximum Gasteiger partial charge on any atom is 0.258 e. The van der Waals surface area contributed by atoms with E-state index in [0.717, 1.165) is 37.8 Å². The molecule has 8 nitrogen and oxygen atoms in total. The summed E-state index contributed by atoms with van der Waals surface area (Å²) in [7, 11) is -3.29. The zero-order chi connectivity index (χ0) is 24.8. The van der Waals surface area contributed by atoms with Gasteiger partial charge in [0.05, 0.1) is 11.4 Å². The van der Waals surface area contributed by atoms with Crippen LogP contribution in [0, 0.1) is 0 Å². The first-order valence-electron chi connectivity index (χ1n) is 11.5. The predicted molar refractivity (Wildman–Crippen MR) is 134 cm³/mol. The van der Waals surface area contributed by atoms with Crippen molar-refractivity contribution in [3.8, 4) is 11.4 Å². The van der Waals surface area contributed by atoms with E-state index in [9.17, 15) is 18.0 Å². The minimum absolute atomic E-state index is 0.00130. The third-order valence-corrected chi connectivity index (χ3v) is 7.10. The summed E-state index contributed by atoms with van der Waals surface area (Å²) in [6.07, 6.45) is 4.28. The largest absolute Gasteiger partial charge is 0.490 e. The maximum absolute atomic E-state index is 12.6. The lowest BCUT2D eigenvalue weighted by Crippen LogP contribution is -2.43. The van der Waals surface area contributed by atoms with Crippen LogP contribution >= 0.6 is 0 Å². The fraction of sp³-hybridized carbons (Fsp3) is 0.308. The zero-order valence-electron chi connectivity index (χ0n) is 19.6. The highest BCUT2D eigenvalue weighted by atomic mass is 32.2. The van der Waals surface area contributed by atoms with Crippen LogP contribution in [0.25, 0.3) is 5.69 Å². The molecule has 1 aliphatic rings. The summed E-state index contributed by atoms with van der Waals surface area (Å²) in [5.41, 5.74) is 1.38. The van der Waals surface area contributed by atoms with Crippen LogP contribution < -0.4 is 15.6 Å². The van der Waals surface area contributed by atoms with Crippen LogP contribution in [0.15, 0.2) is 82.6 Å². The topological polar surface area (TPSA) is 97.7 Å². The molecule has 0 unspecified atom stereocenters. The Morgan fingerprint density at radius 2 is 1.71 bits per heavy atom. The number of rotatable bonds is 8. The molecule has 3 aromatic rings. The van der Waals surface area contributed by atoms with Gasteiger partial charge in [-0.15, -0.1) is 0 Å². The average molecular weight is 496 g/mol. The van der Waals surface area contributed by atoms with Crippen molar-refractivity contribution in [1.29, 1.82) is 0 Å². The molecule has 0 radical (unpaired) electrons. The van der Waals surface area contributed by atoms with Gasteiger partial charge in [-0.3, -0.25) is 19.1 Å². The highest BCUT2D eigenvalue weighted by Gasteiger charge is 2.22. The van der Waals surface area contributed by atoms with Crippen molar-refractivity contribution >= 4 is 15.7 Å². The lowest BCUT2D eigenvalue weighted by molar-refractivity contribution is -0.122. The van der Waals surface area contributed by atoms with Crippen LogP contribution in [0.4, 0.5) is 0 Å². The molecule has 1 fully saturated rings. The molecule has 1 saturated heterocycles. The van der Waals surface area contributed by atoms with Gasteiger partial charge in [-0.1, -0.05) is 30.3 Å². The number of sulfone groups is 1. The maximum atomic E-state index is 12.6. The lowest BCUT2D eigenvalue weighted by atomic mass is 10.1. The second kappa shape index (κ2) is 10.9. The average Bonchev–Trinajstić information content (AvgIpc) is 2.84. The number of hydrogen-bond donors (Lipinski definition) is 1. The van der Waals surface area contributed by atoms with Gasteiger partial charge in [0.25, 0.3) is 5.56 Å². The molecular weight excluding hydrogens is 466 g/mol. The molecule has 9 heteroatoms. The van der Waals surface area contributed by atoms with Gasteiger partial charge >= 0.3 is 0 Å². The number of piperidine rings is 1. The Morgan fingerprint density at radius 3 is 2.34 bits per heavy atom. The van der Waals surface area contributed by atoms with Crippen molar-refractivity contribution in [2.75, 3.05) is 25.9 Å². The molecule has 1 amide bonds. The molecule has 2 aromatic carbocycles. The van der Waals surface area contributed by atoms with Crippen LogP contribution in [0.3, 0.4) is 0 Å². The summed E-state index contributed by atoms with van der Waals surface area (Å²) in [4.78, 5) is 27.2. The van der Waals surface area contributed by atoms with Gasteiger partial charge in [0, 0.05) is 43.8 Å². The van der Waals surface area contributed by atoms with Crippen molar-refractivity contribution in [2.45, 2.75) is 30.4 Å². The number of pyridine rings is 1. The Labute approximate surface area is 205 Å². The Balaban J connectivity index is 1.26. The molecular formula is C26H29N3O5S. The van der Waals surface area contributed by atoms with E-state index in [0.29, 0.717) is 24.5 Å². The number of benzene rings is 2. The first-order chi connectivity index (χ1) is 16.8. The number of nitrogens with one attached hydrogen (secondary N) is 1. The summed E-state index contributed by atoms with van der Waals surface area (Å²) in [5.74, 6) is 0.500. The number of ether oxygens (including phenoxy) is 1. The summed E-state index contributed by atoms with van der Waals surface area (Å²) in [5, 5.41) is 2.95. The van der Waals surface area contributed by atoms with Gasteiger partial charge in [0.2, 0.25) is 5.91 Å². The Hall–Kier alpha value is -3.43. The van der Waals surface area contributed by atoms with Crippen molar-refractivity contribution < 1.29 is 17.9 Å². The number of carbonyl (C=O) groups is 1. The third-order valence-electron chi connectivity index (χ3n) is 5.97. The number of nitrogens with zero attached hydrogens (tertiary/aromatic N) is 2. The molecule has 1 N–H and O–H groups in total. The molecule has 1 aromatic heterocycles. The number of aromatic nitrogens is 1. The van der Waals surface area contributed by atoms with Crippen molar-refractivity contribution in [2.24, 2.45) is 0 Å². The van der Waals surface area contributed by atoms with E-state index in [1.807, 2.05) is 30.3 Å². The molecule has 35 heavy (non-hydrogen) atoms. The Kier molecular flexibility index (Phi) is 7.67. The highest BCUT2D eigenvalue weighted by Crippen LogP contribution is 2.19. The summed E-state index contributed by atoms with van der Waals surface area (Å²) >= 11 is 0. The molecule has 0 atom stereocenters. The van der Waals surface area contributed by atoms with Crippen LogP contribution in [0.5, 0.6) is 5.75 Å². The second-order valence-electron chi connectivity index (χ2n) is 8.69. The fourth-order valence-corrected chi connectivity index (χ4v) is 4.67. The van der Waals surface area contributed by atoms with E-state index in [4.69, 9.17) is 4.74 Å². The molecule has 0 spiro atoms. The molecule has 0 bridgehead atoms. The first-order valence-corrected chi connectivity index (χ1v) is 13.4. The predicted octanol–water partition coefficient (Wildman–Crippen LogP) is 2.40. The van der Waals surface area contributed by atoms with Gasteiger partial charge in [0.15, 0.2) is 9.84 Å². The SMILES string of the molecule is CS(=O)(=O)c1ccc(-n2ccc(OC3CCN(CC(=O)NCc4ccccc4)CC3)cc2=O)cc1. The van der Waals surface area contributed by atoms with Crippen molar-refractivity contribution in [3.63, 3.8) is 0 Å². The van der Waals surface area contributed by atoms with Gasteiger partial charge < -0.3 is 10.1 Å². The molecule has 0 aliphatic carbocycles. The fourth-order valence-electron chi connectivity index (χ4n) is 4.03. The van der Waals surface area contributed by atoms with Crippen molar-refractivity contribution in [1.82, 2.24) is 14.8 Å². The monoisotopic (exact) mass is 495 g/mol. The number of likely N-dealkylation sites (tertiary alicyclic amines) is 1. The Bertz CT molecular complexity index is 1310. The summed E-state index contributed by atoms with van der Waals surface area (Å²) in [6, 6.07) is 19.2. The first kappa shape index (κ1) is 24.7. The standard InChI is InChI=1S/C26H29N3O5S/c1-35(32,33)24-9-7-21(8-10-24)29-16-13-23(17-26(29)31)34-22-11-14-28(15-12-22)19-25(30)27-18-20-5-3-2-4-6-20/h2-10,13,16-17,22H,11-12,14-15,18-19H2,1H3,(H,27,30). The van der Waals surface area contributed by atoms with E-state index >= 15 is 0 Å². The normalized spacial score (nSPS) is 15.0. The zero-order valence-corrected chi connectivity index (χ0v) is 20.4. The molecule has 0 saturated carbocycles. The van der Waals surface area contributed by atoms with Crippen LogP contribution in [-0.4, -0.2) is 55.8 Å². The lowest BCUT2D eigenvalue weighted by Gasteiger charge is -2.31. The minimum Gasteiger partial charge on any atom is -0.490 e. The molecule has 2 heterocycles. The van der Waals surface area contributed by atoms with E-state index in [-0.39, 0.29) is 22.5 Å². The van der Waals surface area contributed by atoms with Crippen molar-refractivity contribution in [3.05, 3.63) is 88.8 Å². The molecule has 1 aliphatic heterocycles. The van der Waals surface area contributed by atoms with Gasteiger partial charge in [-0.25, -0.2) is 8.42 Å². The summed E-state index contributed by atoms with van der Waals surface area (Å²) in [6.45, 7) is 2.36. The van der Waals surface area contributed by atoms with E-state index < -0.39 is 9.84 Å². The van der Waals surface area contributed by atoms with Crippen LogP contribution in [-0.2, 0) is 21.2 Å². The quantitative estimate of drug-likeness (QED) is 0.516. The van der Waals surface area contributed by atoms with E-state index in [1.165, 1.54) is 22.8 Å². The number of carbonyl (C=O) groups excluding carboxylic acids is 1. The van der Waals surface area contributed by atoms with Gasteiger partial charge in [-0.2, -0.15) is 0 Å². The summed E-state index contributed by atoms with van der Waals surface area (Å²) < 4.78 is 30.7. The Morgan fingerprint density at radius 1 is 1.03 bits per heavy atom. The minimum atomic E-state index is -3.29. The van der Waals surface area contributed by atoms with Crippen LogP contribution in [0.2, 0.25) is 0 Å². The number of hydrogen-bond acceptors (Lipinski definition) is 6. The van der Waals surface area contributed by atoms with Gasteiger partial charge in [-0.05, 0) is 48.7 Å². The highest BCUT2D eigenvalue weighted by molar-refractivity contribution is 7.90. The molecule has 4 rings (SSSR count). The van der Waals surface area contributed by atoms with E-state index in [1.54, 1.807) is 24.4 Å². The van der Waals surface area contributed by atoms with Gasteiger partial charge in [0.1, 0.15) is 11.9 Å².